The Kier molecular flexibility index (Phi) is 9.08. The highest BCUT2D eigenvalue weighted by atomic mass is 35.5. The van der Waals surface area contributed by atoms with Gasteiger partial charge >= 0.3 is 0 Å². The van der Waals surface area contributed by atoms with E-state index in [0.717, 1.165) is 11.3 Å². The lowest BCUT2D eigenvalue weighted by Crippen LogP contribution is -2.14. The first-order chi connectivity index (χ1) is 15.2. The third-order valence-corrected chi connectivity index (χ3v) is 4.83. The van der Waals surface area contributed by atoms with E-state index < -0.39 is 0 Å². The van der Waals surface area contributed by atoms with Crippen LogP contribution in [0.1, 0.15) is 55.0 Å². The number of nitrogens with zero attached hydrogens (tertiary/aromatic N) is 3. The summed E-state index contributed by atoms with van der Waals surface area (Å²) in [6.07, 6.45) is 1.48. The van der Waals surface area contributed by atoms with Gasteiger partial charge in [0.2, 0.25) is 0 Å². The van der Waals surface area contributed by atoms with Crippen LogP contribution >= 0.6 is 11.6 Å². The van der Waals surface area contributed by atoms with Crippen LogP contribution < -0.4 is 10.1 Å². The van der Waals surface area contributed by atoms with Crippen molar-refractivity contribution in [2.75, 3.05) is 11.9 Å². The van der Waals surface area contributed by atoms with Crippen molar-refractivity contribution in [1.29, 1.82) is 0 Å². The molecule has 0 unspecified atom stereocenters. The number of ether oxygens (including phenoxy) is 1. The minimum absolute atomic E-state index is 0.156. The molecule has 32 heavy (non-hydrogen) atoms. The van der Waals surface area contributed by atoms with Crippen LogP contribution in [0.4, 0.5) is 5.82 Å². The van der Waals surface area contributed by atoms with Crippen molar-refractivity contribution in [3.8, 4) is 11.5 Å². The quantitative estimate of drug-likeness (QED) is 0.480. The second-order valence-electron chi connectivity index (χ2n) is 7.57. The van der Waals surface area contributed by atoms with E-state index in [1.807, 2.05) is 20.8 Å². The van der Waals surface area contributed by atoms with Crippen molar-refractivity contribution in [3.05, 3.63) is 64.1 Å². The van der Waals surface area contributed by atoms with E-state index in [-0.39, 0.29) is 11.7 Å². The maximum atomic E-state index is 12.5. The van der Waals surface area contributed by atoms with Crippen molar-refractivity contribution in [1.82, 2.24) is 14.8 Å². The summed E-state index contributed by atoms with van der Waals surface area (Å²) >= 11 is 6.06. The van der Waals surface area contributed by atoms with E-state index in [1.165, 1.54) is 6.20 Å². The van der Waals surface area contributed by atoms with Crippen molar-refractivity contribution in [3.63, 3.8) is 0 Å². The molecule has 0 aliphatic carbocycles. The van der Waals surface area contributed by atoms with E-state index in [1.54, 1.807) is 41.9 Å². The summed E-state index contributed by atoms with van der Waals surface area (Å²) in [4.78, 5) is 16.6. The molecule has 0 radical (unpaired) electrons. The topological polar surface area (TPSA) is 89.3 Å². The number of hydrogen-bond donors (Lipinski definition) is 2. The largest absolute Gasteiger partial charge is 0.508 e. The number of aryl methyl sites for hydroxylation is 2. The summed E-state index contributed by atoms with van der Waals surface area (Å²) in [5.74, 6) is 1.31. The van der Waals surface area contributed by atoms with Gasteiger partial charge in [-0.1, -0.05) is 39.3 Å². The minimum atomic E-state index is -0.340. The third-order valence-electron chi connectivity index (χ3n) is 4.45. The van der Waals surface area contributed by atoms with Crippen LogP contribution in [0.3, 0.4) is 0 Å². The average Bonchev–Trinajstić information content (AvgIpc) is 3.09. The molecule has 0 aliphatic heterocycles. The SMILES string of the molecule is CC.Cc1ncc(C(=O)Nc2cc(C)n(Cc3cc(O)ccc3OCC(C)C)n2)cc1Cl. The van der Waals surface area contributed by atoms with E-state index >= 15 is 0 Å². The maximum absolute atomic E-state index is 12.5. The van der Waals surface area contributed by atoms with Gasteiger partial charge < -0.3 is 15.2 Å². The molecule has 0 atom stereocenters. The zero-order chi connectivity index (χ0) is 23.8. The first kappa shape index (κ1) is 25.2. The summed E-state index contributed by atoms with van der Waals surface area (Å²) in [5, 5.41) is 17.6. The minimum Gasteiger partial charge on any atom is -0.508 e. The number of benzene rings is 1. The van der Waals surface area contributed by atoms with Gasteiger partial charge in [-0.15, -0.1) is 0 Å². The molecule has 1 amide bonds. The number of anilines is 1. The number of phenols is 1. The lowest BCUT2D eigenvalue weighted by molar-refractivity contribution is 0.102. The predicted molar refractivity (Wildman–Crippen MR) is 128 cm³/mol. The Labute approximate surface area is 194 Å². The first-order valence-electron chi connectivity index (χ1n) is 10.7. The molecule has 0 aliphatic rings. The normalized spacial score (nSPS) is 10.5. The van der Waals surface area contributed by atoms with Gasteiger partial charge in [-0.3, -0.25) is 14.5 Å². The second kappa shape index (κ2) is 11.5. The smallest absolute Gasteiger partial charge is 0.258 e. The highest BCUT2D eigenvalue weighted by Crippen LogP contribution is 2.26. The van der Waals surface area contributed by atoms with Crippen LogP contribution in [-0.4, -0.2) is 32.4 Å². The fourth-order valence-corrected chi connectivity index (χ4v) is 2.96. The number of halogens is 1. The molecule has 3 rings (SSSR count). The number of amides is 1. The standard InChI is InChI=1S/C22H25ClN4O3.C2H6/c1-13(2)12-30-20-6-5-18(28)8-17(20)11-27-14(3)7-21(26-27)25-22(29)16-9-19(23)15(4)24-10-16;1-2/h5-10,13,28H,11-12H2,1-4H3,(H,25,26,29);1-2H3. The molecular weight excluding hydrogens is 428 g/mol. The molecule has 2 heterocycles. The highest BCUT2D eigenvalue weighted by Gasteiger charge is 2.14. The van der Waals surface area contributed by atoms with Crippen LogP contribution in [0.5, 0.6) is 11.5 Å². The van der Waals surface area contributed by atoms with Gasteiger partial charge in [-0.05, 0) is 44.0 Å². The summed E-state index contributed by atoms with van der Waals surface area (Å²) in [7, 11) is 0. The second-order valence-corrected chi connectivity index (χ2v) is 7.98. The first-order valence-corrected chi connectivity index (χ1v) is 11.0. The van der Waals surface area contributed by atoms with E-state index in [0.29, 0.717) is 46.9 Å². The fraction of sp³-hybridized carbons (Fsp3) is 0.375. The number of carbonyl (C=O) groups is 1. The van der Waals surface area contributed by atoms with E-state index in [9.17, 15) is 9.90 Å². The lowest BCUT2D eigenvalue weighted by atomic mass is 10.2. The summed E-state index contributed by atoms with van der Waals surface area (Å²) in [5.41, 5.74) is 2.67. The number of carbonyl (C=O) groups excluding carboxylic acids is 1. The third kappa shape index (κ3) is 6.72. The maximum Gasteiger partial charge on any atom is 0.258 e. The van der Waals surface area contributed by atoms with Crippen molar-refractivity contribution in [2.24, 2.45) is 5.92 Å². The van der Waals surface area contributed by atoms with Crippen LogP contribution in [-0.2, 0) is 6.54 Å². The van der Waals surface area contributed by atoms with E-state index in [4.69, 9.17) is 16.3 Å². The molecule has 3 aromatic rings. The monoisotopic (exact) mass is 458 g/mol. The zero-order valence-corrected chi connectivity index (χ0v) is 20.2. The van der Waals surface area contributed by atoms with Gasteiger partial charge in [0, 0.05) is 23.5 Å². The number of rotatable bonds is 7. The molecule has 7 nitrogen and oxygen atoms in total. The number of phenolic OH excluding ortho intramolecular Hbond substituents is 1. The molecular formula is C24H31ClN4O3. The summed E-state index contributed by atoms with van der Waals surface area (Å²) in [6, 6.07) is 8.37. The Morgan fingerprint density at radius 2 is 1.94 bits per heavy atom. The number of pyridine rings is 1. The molecule has 8 heteroatoms. The van der Waals surface area contributed by atoms with Gasteiger partial charge in [-0.2, -0.15) is 5.10 Å². The average molecular weight is 459 g/mol. The highest BCUT2D eigenvalue weighted by molar-refractivity contribution is 6.31. The number of aromatic nitrogens is 3. The van der Waals surface area contributed by atoms with Crippen LogP contribution in [0.2, 0.25) is 5.02 Å². The molecule has 1 aromatic carbocycles. The zero-order valence-electron chi connectivity index (χ0n) is 19.4. The molecule has 0 fully saturated rings. The van der Waals surface area contributed by atoms with Gasteiger partial charge in [0.1, 0.15) is 11.5 Å². The van der Waals surface area contributed by atoms with Crippen LogP contribution in [0.25, 0.3) is 0 Å². The number of aromatic hydroxyl groups is 1. The van der Waals surface area contributed by atoms with Crippen LogP contribution in [0.15, 0.2) is 36.5 Å². The van der Waals surface area contributed by atoms with Gasteiger partial charge in [0.25, 0.3) is 5.91 Å². The Balaban J connectivity index is 0.00000176. The van der Waals surface area contributed by atoms with Crippen molar-refractivity contribution >= 4 is 23.3 Å². The molecule has 0 bridgehead atoms. The summed E-state index contributed by atoms with van der Waals surface area (Å²) < 4.78 is 7.62. The number of nitrogens with one attached hydrogen (secondary N) is 1. The Morgan fingerprint density at radius 1 is 1.22 bits per heavy atom. The Bertz CT molecular complexity index is 1060. The van der Waals surface area contributed by atoms with Crippen LogP contribution in [0, 0.1) is 19.8 Å². The van der Waals surface area contributed by atoms with E-state index in [2.05, 4.69) is 29.2 Å². The van der Waals surface area contributed by atoms with Crippen molar-refractivity contribution < 1.29 is 14.6 Å². The Hall–Kier alpha value is -3.06. The van der Waals surface area contributed by atoms with Gasteiger partial charge in [0.05, 0.1) is 29.4 Å². The molecule has 2 N–H and O–H groups in total. The van der Waals surface area contributed by atoms with Crippen molar-refractivity contribution in [2.45, 2.75) is 48.1 Å². The summed E-state index contributed by atoms with van der Waals surface area (Å²) in [6.45, 7) is 12.8. The predicted octanol–water partition coefficient (Wildman–Crippen LogP) is 5.62. The van der Waals surface area contributed by atoms with Gasteiger partial charge in [0.15, 0.2) is 5.82 Å². The fourth-order valence-electron chi connectivity index (χ4n) is 2.80. The molecule has 0 saturated carbocycles. The van der Waals surface area contributed by atoms with Gasteiger partial charge in [-0.25, -0.2) is 0 Å². The molecule has 0 saturated heterocycles. The molecule has 172 valence electrons. The number of hydrogen-bond acceptors (Lipinski definition) is 5. The lowest BCUT2D eigenvalue weighted by Gasteiger charge is -2.14. The Morgan fingerprint density at radius 3 is 2.59 bits per heavy atom. The molecule has 0 spiro atoms. The molecule has 2 aromatic heterocycles.